The number of halogens is 1. The zero-order chi connectivity index (χ0) is 15.3. The van der Waals surface area contributed by atoms with Gasteiger partial charge in [0.25, 0.3) is 11.6 Å². The number of aliphatic carboxylic acids is 1. The average Bonchev–Trinajstić information content (AvgIpc) is 2.37. The van der Waals surface area contributed by atoms with Crippen molar-refractivity contribution < 1.29 is 24.4 Å². The quantitative estimate of drug-likeness (QED) is 0.599. The van der Waals surface area contributed by atoms with Crippen LogP contribution in [0.4, 0.5) is 5.69 Å². The number of nitrogens with one attached hydrogen (secondary N) is 1. The van der Waals surface area contributed by atoms with Gasteiger partial charge in [-0.2, -0.15) is 0 Å². The maximum atomic E-state index is 11.8. The summed E-state index contributed by atoms with van der Waals surface area (Å²) < 4.78 is 4.64. The molecule has 0 aromatic heterocycles. The van der Waals surface area contributed by atoms with Crippen LogP contribution in [-0.4, -0.2) is 41.7 Å². The standard InChI is InChI=1S/C11H11ClN2O6/c1-20-9(11(16)17)5-13-10(15)6-2-7(12)4-8(3-6)14(18)19/h2-4,9H,5H2,1H3,(H,13,15)(H,16,17). The van der Waals surface area contributed by atoms with Crippen LogP contribution in [0, 0.1) is 10.1 Å². The van der Waals surface area contributed by atoms with Crippen molar-refractivity contribution in [1.29, 1.82) is 0 Å². The molecule has 108 valence electrons. The lowest BCUT2D eigenvalue weighted by atomic mass is 10.2. The van der Waals surface area contributed by atoms with Crippen molar-refractivity contribution >= 4 is 29.2 Å². The first kappa shape index (κ1) is 15.9. The van der Waals surface area contributed by atoms with Crippen LogP contribution in [0.5, 0.6) is 0 Å². The highest BCUT2D eigenvalue weighted by Crippen LogP contribution is 2.20. The molecule has 1 aromatic carbocycles. The second-order valence-corrected chi connectivity index (χ2v) is 4.16. The maximum absolute atomic E-state index is 11.8. The molecule has 0 saturated heterocycles. The smallest absolute Gasteiger partial charge is 0.334 e. The third kappa shape index (κ3) is 4.18. The molecule has 1 amide bonds. The van der Waals surface area contributed by atoms with Crippen LogP contribution in [0.15, 0.2) is 18.2 Å². The number of carbonyl (C=O) groups excluding carboxylic acids is 1. The Balaban J connectivity index is 2.82. The van der Waals surface area contributed by atoms with Gasteiger partial charge in [0.05, 0.1) is 11.5 Å². The first-order chi connectivity index (χ1) is 9.35. The van der Waals surface area contributed by atoms with E-state index >= 15 is 0 Å². The second kappa shape index (κ2) is 6.83. The van der Waals surface area contributed by atoms with E-state index in [9.17, 15) is 19.7 Å². The molecule has 0 fully saturated rings. The zero-order valence-electron chi connectivity index (χ0n) is 10.3. The largest absolute Gasteiger partial charge is 0.479 e. The molecule has 9 heteroatoms. The number of carboxylic acid groups (broad SMARTS) is 1. The zero-order valence-corrected chi connectivity index (χ0v) is 11.1. The van der Waals surface area contributed by atoms with Crippen molar-refractivity contribution in [2.24, 2.45) is 0 Å². The summed E-state index contributed by atoms with van der Waals surface area (Å²) in [6, 6.07) is 3.39. The van der Waals surface area contributed by atoms with Crippen LogP contribution < -0.4 is 5.32 Å². The molecular formula is C11H11ClN2O6. The highest BCUT2D eigenvalue weighted by Gasteiger charge is 2.19. The number of nitro benzene ring substituents is 1. The number of non-ortho nitro benzene ring substituents is 1. The number of methoxy groups -OCH3 is 1. The lowest BCUT2D eigenvalue weighted by molar-refractivity contribution is -0.384. The predicted octanol–water partition coefficient (Wildman–Crippen LogP) is 1.08. The van der Waals surface area contributed by atoms with Crippen molar-refractivity contribution in [3.63, 3.8) is 0 Å². The van der Waals surface area contributed by atoms with Crippen molar-refractivity contribution in [2.75, 3.05) is 13.7 Å². The van der Waals surface area contributed by atoms with Crippen LogP contribution in [0.3, 0.4) is 0 Å². The van der Waals surface area contributed by atoms with E-state index in [1.807, 2.05) is 0 Å². The fourth-order valence-electron chi connectivity index (χ4n) is 1.37. The Morgan fingerprint density at radius 2 is 2.15 bits per heavy atom. The van der Waals surface area contributed by atoms with Gasteiger partial charge < -0.3 is 15.2 Å². The highest BCUT2D eigenvalue weighted by molar-refractivity contribution is 6.31. The van der Waals surface area contributed by atoms with E-state index in [1.54, 1.807) is 0 Å². The summed E-state index contributed by atoms with van der Waals surface area (Å²) in [5, 5.41) is 21.7. The van der Waals surface area contributed by atoms with Gasteiger partial charge in [-0.15, -0.1) is 0 Å². The molecule has 20 heavy (non-hydrogen) atoms. The number of carboxylic acids is 1. The number of carbonyl (C=O) groups is 2. The van der Waals surface area contributed by atoms with Crippen molar-refractivity contribution in [2.45, 2.75) is 6.10 Å². The van der Waals surface area contributed by atoms with E-state index in [4.69, 9.17) is 16.7 Å². The molecule has 0 aliphatic carbocycles. The van der Waals surface area contributed by atoms with Crippen molar-refractivity contribution in [3.05, 3.63) is 38.9 Å². The van der Waals surface area contributed by atoms with Gasteiger partial charge in [-0.3, -0.25) is 14.9 Å². The number of benzene rings is 1. The van der Waals surface area contributed by atoms with E-state index in [-0.39, 0.29) is 22.8 Å². The molecule has 0 aliphatic heterocycles. The van der Waals surface area contributed by atoms with Crippen molar-refractivity contribution in [1.82, 2.24) is 5.32 Å². The molecule has 8 nitrogen and oxygen atoms in total. The molecule has 1 unspecified atom stereocenters. The second-order valence-electron chi connectivity index (χ2n) is 3.73. The summed E-state index contributed by atoms with van der Waals surface area (Å²) in [6.45, 7) is -0.273. The Labute approximate surface area is 118 Å². The molecule has 0 heterocycles. The molecule has 0 bridgehead atoms. The van der Waals surface area contributed by atoms with E-state index in [2.05, 4.69) is 10.1 Å². The van der Waals surface area contributed by atoms with E-state index in [1.165, 1.54) is 13.2 Å². The number of rotatable bonds is 6. The maximum Gasteiger partial charge on any atom is 0.334 e. The van der Waals surface area contributed by atoms with Gasteiger partial charge in [0.15, 0.2) is 6.10 Å². The van der Waals surface area contributed by atoms with E-state index in [0.29, 0.717) is 0 Å². The molecule has 0 aliphatic rings. The highest BCUT2D eigenvalue weighted by atomic mass is 35.5. The first-order valence-electron chi connectivity index (χ1n) is 5.34. The third-order valence-corrected chi connectivity index (χ3v) is 2.58. The Bertz CT molecular complexity index is 548. The number of ether oxygens (including phenoxy) is 1. The third-order valence-electron chi connectivity index (χ3n) is 2.36. The lowest BCUT2D eigenvalue weighted by Crippen LogP contribution is -2.37. The lowest BCUT2D eigenvalue weighted by Gasteiger charge is -2.11. The summed E-state index contributed by atoms with van der Waals surface area (Å²) in [4.78, 5) is 32.4. The van der Waals surface area contributed by atoms with E-state index < -0.39 is 22.9 Å². The van der Waals surface area contributed by atoms with Gasteiger partial charge in [0.2, 0.25) is 0 Å². The van der Waals surface area contributed by atoms with Gasteiger partial charge in [-0.25, -0.2) is 4.79 Å². The van der Waals surface area contributed by atoms with E-state index in [0.717, 1.165) is 12.1 Å². The number of amides is 1. The van der Waals surface area contributed by atoms with Crippen molar-refractivity contribution in [3.8, 4) is 0 Å². The minimum Gasteiger partial charge on any atom is -0.479 e. The average molecular weight is 303 g/mol. The van der Waals surface area contributed by atoms with Crippen LogP contribution in [0.1, 0.15) is 10.4 Å². The summed E-state index contributed by atoms with van der Waals surface area (Å²) in [5.41, 5.74) is -0.367. The first-order valence-corrected chi connectivity index (χ1v) is 5.71. The Morgan fingerprint density at radius 3 is 2.65 bits per heavy atom. The summed E-state index contributed by atoms with van der Waals surface area (Å²) in [5.74, 6) is -1.91. The molecule has 2 N–H and O–H groups in total. The number of hydrogen-bond donors (Lipinski definition) is 2. The van der Waals surface area contributed by atoms with Crippen LogP contribution in [0.2, 0.25) is 5.02 Å². The Kier molecular flexibility index (Phi) is 5.42. The number of nitro groups is 1. The fourth-order valence-corrected chi connectivity index (χ4v) is 1.60. The monoisotopic (exact) mass is 302 g/mol. The Hall–Kier alpha value is -2.19. The molecule has 1 rings (SSSR count). The minimum absolute atomic E-state index is 0.0332. The summed E-state index contributed by atoms with van der Waals surface area (Å²) >= 11 is 5.68. The van der Waals surface area contributed by atoms with Gasteiger partial charge in [0.1, 0.15) is 0 Å². The summed E-state index contributed by atoms with van der Waals surface area (Å²) in [7, 11) is 1.19. The predicted molar refractivity (Wildman–Crippen MR) is 68.9 cm³/mol. The fraction of sp³-hybridized carbons (Fsp3) is 0.273. The molecule has 0 spiro atoms. The molecule has 1 atom stereocenters. The molecular weight excluding hydrogens is 292 g/mol. The molecule has 0 radical (unpaired) electrons. The van der Waals surface area contributed by atoms with Gasteiger partial charge in [0, 0.05) is 29.8 Å². The SMILES string of the molecule is COC(CNC(=O)c1cc(Cl)cc([N+](=O)[O-])c1)C(=O)O. The Morgan fingerprint density at radius 1 is 1.50 bits per heavy atom. The van der Waals surface area contributed by atoms with Gasteiger partial charge in [-0.1, -0.05) is 11.6 Å². The topological polar surface area (TPSA) is 119 Å². The van der Waals surface area contributed by atoms with Gasteiger partial charge in [-0.05, 0) is 6.07 Å². The minimum atomic E-state index is -1.23. The molecule has 0 saturated carbocycles. The number of hydrogen-bond acceptors (Lipinski definition) is 5. The van der Waals surface area contributed by atoms with Gasteiger partial charge >= 0.3 is 5.97 Å². The van der Waals surface area contributed by atoms with Crippen LogP contribution >= 0.6 is 11.6 Å². The van der Waals surface area contributed by atoms with Crippen LogP contribution in [0.25, 0.3) is 0 Å². The summed E-state index contributed by atoms with van der Waals surface area (Å²) in [6.07, 6.45) is -1.20. The molecule has 1 aromatic rings. The van der Waals surface area contributed by atoms with Crippen LogP contribution in [-0.2, 0) is 9.53 Å². The normalized spacial score (nSPS) is 11.7. The number of nitrogens with zero attached hydrogens (tertiary/aromatic N) is 1.